The van der Waals surface area contributed by atoms with Crippen molar-refractivity contribution in [1.29, 1.82) is 0 Å². The van der Waals surface area contributed by atoms with Crippen molar-refractivity contribution in [1.82, 2.24) is 4.98 Å². The van der Waals surface area contributed by atoms with Gasteiger partial charge in [-0.1, -0.05) is 0 Å². The number of nitrogens with zero attached hydrogens (tertiary/aromatic N) is 1. The molecule has 1 aromatic carbocycles. The van der Waals surface area contributed by atoms with Crippen LogP contribution >= 0.6 is 0 Å². The van der Waals surface area contributed by atoms with Crippen molar-refractivity contribution < 1.29 is 18.3 Å². The van der Waals surface area contributed by atoms with Gasteiger partial charge >= 0.3 is 5.97 Å². The number of hydrogen-bond donors (Lipinski definition) is 2. The molecule has 1 aromatic heterocycles. The SMILES string of the molecule is Cc1cc(C(=O)O)ccc1NS(=O)(=O)c1cccnc1. The molecule has 0 saturated carbocycles. The lowest BCUT2D eigenvalue weighted by Crippen LogP contribution is -2.14. The zero-order chi connectivity index (χ0) is 14.8. The number of pyridine rings is 1. The van der Waals surface area contributed by atoms with E-state index in [1.165, 1.54) is 42.7 Å². The molecule has 0 saturated heterocycles. The van der Waals surface area contributed by atoms with Gasteiger partial charge in [0.15, 0.2) is 0 Å². The number of benzene rings is 1. The highest BCUT2D eigenvalue weighted by molar-refractivity contribution is 7.92. The molecule has 0 unspecified atom stereocenters. The molecule has 0 bridgehead atoms. The molecule has 104 valence electrons. The van der Waals surface area contributed by atoms with Crippen molar-refractivity contribution in [3.63, 3.8) is 0 Å². The summed E-state index contributed by atoms with van der Waals surface area (Å²) < 4.78 is 26.6. The van der Waals surface area contributed by atoms with Gasteiger partial charge in [0.2, 0.25) is 0 Å². The molecule has 0 aliphatic rings. The monoisotopic (exact) mass is 292 g/mol. The van der Waals surface area contributed by atoms with Crippen molar-refractivity contribution >= 4 is 21.7 Å². The molecule has 20 heavy (non-hydrogen) atoms. The fourth-order valence-corrected chi connectivity index (χ4v) is 2.71. The summed E-state index contributed by atoms with van der Waals surface area (Å²) in [5, 5.41) is 8.86. The Bertz CT molecular complexity index is 742. The average Bonchev–Trinajstić information content (AvgIpc) is 2.41. The molecule has 0 amide bonds. The summed E-state index contributed by atoms with van der Waals surface area (Å²) in [5.41, 5.74) is 0.961. The Labute approximate surface area is 116 Å². The van der Waals surface area contributed by atoms with E-state index in [1.807, 2.05) is 0 Å². The van der Waals surface area contributed by atoms with E-state index in [4.69, 9.17) is 5.11 Å². The first-order valence-corrected chi connectivity index (χ1v) is 7.15. The van der Waals surface area contributed by atoms with Gasteiger partial charge in [-0.15, -0.1) is 0 Å². The van der Waals surface area contributed by atoms with E-state index in [0.717, 1.165) is 0 Å². The van der Waals surface area contributed by atoms with Crippen LogP contribution in [0.15, 0.2) is 47.6 Å². The van der Waals surface area contributed by atoms with Crippen LogP contribution in [0.2, 0.25) is 0 Å². The smallest absolute Gasteiger partial charge is 0.335 e. The summed E-state index contributed by atoms with van der Waals surface area (Å²) in [7, 11) is -3.73. The molecule has 2 aromatic rings. The van der Waals surface area contributed by atoms with E-state index >= 15 is 0 Å². The topological polar surface area (TPSA) is 96.4 Å². The Hall–Kier alpha value is -2.41. The van der Waals surface area contributed by atoms with Crippen molar-refractivity contribution in [3.05, 3.63) is 53.9 Å². The largest absolute Gasteiger partial charge is 0.478 e. The van der Waals surface area contributed by atoms with Crippen molar-refractivity contribution in [2.24, 2.45) is 0 Å². The van der Waals surface area contributed by atoms with Crippen LogP contribution in [0.25, 0.3) is 0 Å². The van der Waals surface area contributed by atoms with Crippen LogP contribution in [0.5, 0.6) is 0 Å². The molecule has 2 rings (SSSR count). The zero-order valence-corrected chi connectivity index (χ0v) is 11.4. The highest BCUT2D eigenvalue weighted by Crippen LogP contribution is 2.20. The minimum Gasteiger partial charge on any atom is -0.478 e. The number of aromatic carboxylic acids is 1. The van der Waals surface area contributed by atoms with E-state index in [0.29, 0.717) is 11.3 Å². The molecule has 1 heterocycles. The highest BCUT2D eigenvalue weighted by atomic mass is 32.2. The number of aromatic nitrogens is 1. The van der Waals surface area contributed by atoms with Gasteiger partial charge < -0.3 is 5.11 Å². The Kier molecular flexibility index (Phi) is 3.71. The van der Waals surface area contributed by atoms with Crippen LogP contribution < -0.4 is 4.72 Å². The predicted octanol–water partition coefficient (Wildman–Crippen LogP) is 1.89. The molecular weight excluding hydrogens is 280 g/mol. The second-order valence-corrected chi connectivity index (χ2v) is 5.81. The lowest BCUT2D eigenvalue weighted by atomic mass is 10.1. The minimum atomic E-state index is -3.73. The van der Waals surface area contributed by atoms with E-state index in [1.54, 1.807) is 6.92 Å². The molecule has 0 aliphatic heterocycles. The number of carboxylic acids is 1. The summed E-state index contributed by atoms with van der Waals surface area (Å²) in [6.07, 6.45) is 2.72. The standard InChI is InChI=1S/C13H12N2O4S/c1-9-7-10(13(16)17)4-5-12(9)15-20(18,19)11-3-2-6-14-8-11/h2-8,15H,1H3,(H,16,17). The summed E-state index contributed by atoms with van der Waals surface area (Å²) >= 11 is 0. The van der Waals surface area contributed by atoms with Crippen LogP contribution in [0.3, 0.4) is 0 Å². The molecule has 0 radical (unpaired) electrons. The van der Waals surface area contributed by atoms with Crippen LogP contribution in [0.1, 0.15) is 15.9 Å². The quantitative estimate of drug-likeness (QED) is 0.897. The third-order valence-corrected chi connectivity index (χ3v) is 4.01. The maximum atomic E-state index is 12.1. The first-order chi connectivity index (χ1) is 9.40. The first kappa shape index (κ1) is 14.0. The Morgan fingerprint density at radius 3 is 2.60 bits per heavy atom. The second kappa shape index (κ2) is 5.30. The summed E-state index contributed by atoms with van der Waals surface area (Å²) in [4.78, 5) is 14.6. The number of aryl methyl sites for hydroxylation is 1. The summed E-state index contributed by atoms with van der Waals surface area (Å²) in [6.45, 7) is 1.63. The van der Waals surface area contributed by atoms with E-state index in [9.17, 15) is 13.2 Å². The minimum absolute atomic E-state index is 0.0433. The molecule has 0 atom stereocenters. The lowest BCUT2D eigenvalue weighted by molar-refractivity contribution is 0.0697. The number of anilines is 1. The van der Waals surface area contributed by atoms with Gasteiger partial charge in [0.1, 0.15) is 4.90 Å². The van der Waals surface area contributed by atoms with Gasteiger partial charge in [0.25, 0.3) is 10.0 Å². The number of sulfonamides is 1. The zero-order valence-electron chi connectivity index (χ0n) is 10.6. The fraction of sp³-hybridized carbons (Fsp3) is 0.0769. The molecular formula is C13H12N2O4S. The maximum absolute atomic E-state index is 12.1. The Balaban J connectivity index is 2.33. The van der Waals surface area contributed by atoms with Crippen LogP contribution in [-0.4, -0.2) is 24.5 Å². The van der Waals surface area contributed by atoms with Gasteiger partial charge in [-0.3, -0.25) is 9.71 Å². The van der Waals surface area contributed by atoms with Gasteiger partial charge in [-0.05, 0) is 42.8 Å². The fourth-order valence-electron chi connectivity index (χ4n) is 1.62. The maximum Gasteiger partial charge on any atom is 0.335 e. The number of rotatable bonds is 4. The highest BCUT2D eigenvalue weighted by Gasteiger charge is 2.15. The van der Waals surface area contributed by atoms with Gasteiger partial charge in [-0.2, -0.15) is 0 Å². The van der Waals surface area contributed by atoms with Crippen molar-refractivity contribution in [3.8, 4) is 0 Å². The van der Waals surface area contributed by atoms with Crippen LogP contribution in [-0.2, 0) is 10.0 Å². The third kappa shape index (κ3) is 2.94. The Morgan fingerprint density at radius 1 is 1.30 bits per heavy atom. The molecule has 0 fully saturated rings. The van der Waals surface area contributed by atoms with Gasteiger partial charge in [-0.25, -0.2) is 13.2 Å². The predicted molar refractivity (Wildman–Crippen MR) is 73.2 cm³/mol. The molecule has 6 nitrogen and oxygen atoms in total. The summed E-state index contributed by atoms with van der Waals surface area (Å²) in [5.74, 6) is -1.06. The number of carboxylic acid groups (broad SMARTS) is 1. The number of nitrogens with one attached hydrogen (secondary N) is 1. The second-order valence-electron chi connectivity index (χ2n) is 4.13. The average molecular weight is 292 g/mol. The number of carbonyl (C=O) groups is 1. The van der Waals surface area contributed by atoms with Crippen LogP contribution in [0.4, 0.5) is 5.69 Å². The lowest BCUT2D eigenvalue weighted by Gasteiger charge is -2.10. The van der Waals surface area contributed by atoms with Crippen molar-refractivity contribution in [2.45, 2.75) is 11.8 Å². The molecule has 0 spiro atoms. The molecule has 2 N–H and O–H groups in total. The van der Waals surface area contributed by atoms with E-state index in [-0.39, 0.29) is 10.5 Å². The summed E-state index contributed by atoms with van der Waals surface area (Å²) in [6, 6.07) is 7.12. The Morgan fingerprint density at radius 2 is 2.05 bits per heavy atom. The van der Waals surface area contributed by atoms with E-state index < -0.39 is 16.0 Å². The van der Waals surface area contributed by atoms with Crippen LogP contribution in [0, 0.1) is 6.92 Å². The number of hydrogen-bond acceptors (Lipinski definition) is 4. The van der Waals surface area contributed by atoms with E-state index in [2.05, 4.69) is 9.71 Å². The van der Waals surface area contributed by atoms with Gasteiger partial charge in [0.05, 0.1) is 11.3 Å². The van der Waals surface area contributed by atoms with Crippen molar-refractivity contribution in [2.75, 3.05) is 4.72 Å². The first-order valence-electron chi connectivity index (χ1n) is 5.67. The normalized spacial score (nSPS) is 11.1. The van der Waals surface area contributed by atoms with Gasteiger partial charge in [0, 0.05) is 12.4 Å². The molecule has 7 heteroatoms. The molecule has 0 aliphatic carbocycles. The third-order valence-electron chi connectivity index (χ3n) is 2.66.